The molecule has 0 radical (unpaired) electrons. The summed E-state index contributed by atoms with van der Waals surface area (Å²) in [5.74, 6) is 0. The van der Waals surface area contributed by atoms with Crippen LogP contribution >= 0.6 is 15.9 Å². The van der Waals surface area contributed by atoms with Crippen LogP contribution in [0.2, 0.25) is 0 Å². The molecule has 3 nitrogen and oxygen atoms in total. The van der Waals surface area contributed by atoms with Crippen molar-refractivity contribution in [1.82, 2.24) is 15.0 Å². The van der Waals surface area contributed by atoms with Crippen LogP contribution in [0.4, 0.5) is 13.2 Å². The second kappa shape index (κ2) is 4.72. The molecule has 0 saturated carbocycles. The molecule has 0 N–H and O–H groups in total. The van der Waals surface area contributed by atoms with Crippen molar-refractivity contribution < 1.29 is 13.2 Å². The molecule has 0 fully saturated rings. The van der Waals surface area contributed by atoms with E-state index in [0.29, 0.717) is 5.69 Å². The minimum absolute atomic E-state index is 0.121. The standard InChI is InChI=1S/C11H9BrF3N3/c1-7-6-18(17-16-7)10(11(13,14)15)8-2-4-9(12)5-3-8/h2-6,10H,1H3. The molecule has 2 rings (SSSR count). The average Bonchev–Trinajstić information content (AvgIpc) is 2.66. The number of alkyl halides is 3. The molecular formula is C11H9BrF3N3. The van der Waals surface area contributed by atoms with Gasteiger partial charge in [0.25, 0.3) is 0 Å². The Bertz CT molecular complexity index is 533. The van der Waals surface area contributed by atoms with Gasteiger partial charge in [0.1, 0.15) is 0 Å². The first-order valence-corrected chi connectivity index (χ1v) is 5.88. The highest BCUT2D eigenvalue weighted by atomic mass is 79.9. The van der Waals surface area contributed by atoms with Gasteiger partial charge in [0.2, 0.25) is 0 Å². The highest BCUT2D eigenvalue weighted by Gasteiger charge is 2.43. The van der Waals surface area contributed by atoms with Gasteiger partial charge in [-0.25, -0.2) is 4.68 Å². The van der Waals surface area contributed by atoms with Gasteiger partial charge >= 0.3 is 6.18 Å². The summed E-state index contributed by atoms with van der Waals surface area (Å²) in [5, 5.41) is 7.11. The van der Waals surface area contributed by atoms with Gasteiger partial charge in [-0.2, -0.15) is 13.2 Å². The van der Waals surface area contributed by atoms with Crippen molar-refractivity contribution in [2.24, 2.45) is 0 Å². The number of benzene rings is 1. The van der Waals surface area contributed by atoms with Crippen molar-refractivity contribution in [3.05, 3.63) is 46.2 Å². The molecule has 0 spiro atoms. The summed E-state index contributed by atoms with van der Waals surface area (Å²) >= 11 is 3.19. The van der Waals surface area contributed by atoms with Crippen LogP contribution < -0.4 is 0 Å². The third-order valence-electron chi connectivity index (χ3n) is 2.39. The van der Waals surface area contributed by atoms with Crippen molar-refractivity contribution in [3.63, 3.8) is 0 Å². The third kappa shape index (κ3) is 2.72. The SMILES string of the molecule is Cc1cn(C(c2ccc(Br)cc2)C(F)(F)F)nn1. The summed E-state index contributed by atoms with van der Waals surface area (Å²) in [7, 11) is 0. The first kappa shape index (κ1) is 13.1. The van der Waals surface area contributed by atoms with Crippen LogP contribution in [0.15, 0.2) is 34.9 Å². The van der Waals surface area contributed by atoms with E-state index in [9.17, 15) is 13.2 Å². The highest BCUT2D eigenvalue weighted by Crippen LogP contribution is 2.35. The monoisotopic (exact) mass is 319 g/mol. The maximum absolute atomic E-state index is 13.1. The van der Waals surface area contributed by atoms with Crippen LogP contribution in [-0.2, 0) is 0 Å². The highest BCUT2D eigenvalue weighted by molar-refractivity contribution is 9.10. The molecule has 0 bridgehead atoms. The van der Waals surface area contributed by atoms with Crippen LogP contribution in [0.25, 0.3) is 0 Å². The Labute approximate surface area is 110 Å². The molecule has 0 amide bonds. The van der Waals surface area contributed by atoms with Crippen LogP contribution in [0, 0.1) is 6.92 Å². The Kier molecular flexibility index (Phi) is 3.43. The van der Waals surface area contributed by atoms with Crippen LogP contribution in [0.1, 0.15) is 17.3 Å². The van der Waals surface area contributed by atoms with Crippen molar-refractivity contribution in [3.8, 4) is 0 Å². The molecule has 18 heavy (non-hydrogen) atoms. The summed E-state index contributed by atoms with van der Waals surface area (Å²) in [6, 6.07) is 4.15. The summed E-state index contributed by atoms with van der Waals surface area (Å²) in [5.41, 5.74) is 0.567. The van der Waals surface area contributed by atoms with Gasteiger partial charge in [-0.15, -0.1) is 5.10 Å². The van der Waals surface area contributed by atoms with E-state index in [4.69, 9.17) is 0 Å². The smallest absolute Gasteiger partial charge is 0.236 e. The average molecular weight is 320 g/mol. The van der Waals surface area contributed by atoms with E-state index in [2.05, 4.69) is 26.2 Å². The predicted octanol–water partition coefficient (Wildman–Crippen LogP) is 3.50. The molecule has 96 valence electrons. The molecule has 1 aromatic carbocycles. The Hall–Kier alpha value is -1.37. The number of halogens is 4. The van der Waals surface area contributed by atoms with Crippen molar-refractivity contribution in [2.75, 3.05) is 0 Å². The maximum atomic E-state index is 13.1. The van der Waals surface area contributed by atoms with E-state index in [-0.39, 0.29) is 5.56 Å². The van der Waals surface area contributed by atoms with E-state index >= 15 is 0 Å². The molecule has 2 aromatic rings. The fourth-order valence-electron chi connectivity index (χ4n) is 1.63. The minimum Gasteiger partial charge on any atom is -0.236 e. The normalized spacial score (nSPS) is 13.6. The number of hydrogen-bond acceptors (Lipinski definition) is 2. The van der Waals surface area contributed by atoms with E-state index < -0.39 is 12.2 Å². The fraction of sp³-hybridized carbons (Fsp3) is 0.273. The van der Waals surface area contributed by atoms with E-state index in [1.54, 1.807) is 19.1 Å². The second-order valence-electron chi connectivity index (χ2n) is 3.84. The molecule has 0 aliphatic heterocycles. The first-order valence-electron chi connectivity index (χ1n) is 5.08. The molecule has 1 unspecified atom stereocenters. The Balaban J connectivity index is 2.47. The molecule has 1 heterocycles. The third-order valence-corrected chi connectivity index (χ3v) is 2.91. The summed E-state index contributed by atoms with van der Waals surface area (Å²) < 4.78 is 40.9. The van der Waals surface area contributed by atoms with E-state index in [1.807, 2.05) is 0 Å². The lowest BCUT2D eigenvalue weighted by molar-refractivity contribution is -0.159. The predicted molar refractivity (Wildman–Crippen MR) is 63.1 cm³/mol. The number of nitrogens with zero attached hydrogens (tertiary/aromatic N) is 3. The van der Waals surface area contributed by atoms with Gasteiger partial charge in [-0.3, -0.25) is 0 Å². The summed E-state index contributed by atoms with van der Waals surface area (Å²) in [6.45, 7) is 1.60. The molecule has 0 saturated heterocycles. The Morgan fingerprint density at radius 1 is 1.22 bits per heavy atom. The minimum atomic E-state index is -4.42. The zero-order chi connectivity index (χ0) is 13.3. The van der Waals surface area contributed by atoms with Crippen molar-refractivity contribution >= 4 is 15.9 Å². The van der Waals surface area contributed by atoms with Gasteiger partial charge in [0.05, 0.1) is 5.69 Å². The number of aryl methyl sites for hydroxylation is 1. The summed E-state index contributed by atoms with van der Waals surface area (Å²) in [6.07, 6.45) is -3.14. The Morgan fingerprint density at radius 3 is 2.28 bits per heavy atom. The van der Waals surface area contributed by atoms with Gasteiger partial charge in [0.15, 0.2) is 6.04 Å². The number of rotatable bonds is 2. The number of hydrogen-bond donors (Lipinski definition) is 0. The van der Waals surface area contributed by atoms with E-state index in [1.165, 1.54) is 18.3 Å². The van der Waals surface area contributed by atoms with Crippen molar-refractivity contribution in [2.45, 2.75) is 19.1 Å². The molecule has 0 aliphatic rings. The molecular weight excluding hydrogens is 311 g/mol. The zero-order valence-electron chi connectivity index (χ0n) is 9.32. The second-order valence-corrected chi connectivity index (χ2v) is 4.75. The molecule has 7 heteroatoms. The van der Waals surface area contributed by atoms with Crippen LogP contribution in [0.3, 0.4) is 0 Å². The molecule has 0 aliphatic carbocycles. The van der Waals surface area contributed by atoms with Crippen LogP contribution in [-0.4, -0.2) is 21.2 Å². The molecule has 1 atom stereocenters. The Morgan fingerprint density at radius 2 is 1.83 bits per heavy atom. The lowest BCUT2D eigenvalue weighted by atomic mass is 10.1. The first-order chi connectivity index (χ1) is 8.38. The van der Waals surface area contributed by atoms with Gasteiger partial charge in [0, 0.05) is 10.7 Å². The number of aromatic nitrogens is 3. The van der Waals surface area contributed by atoms with Gasteiger partial charge in [-0.1, -0.05) is 33.3 Å². The zero-order valence-corrected chi connectivity index (χ0v) is 10.9. The largest absolute Gasteiger partial charge is 0.415 e. The van der Waals surface area contributed by atoms with E-state index in [0.717, 1.165) is 9.15 Å². The maximum Gasteiger partial charge on any atom is 0.415 e. The summed E-state index contributed by atoms with van der Waals surface area (Å²) in [4.78, 5) is 0. The quantitative estimate of drug-likeness (QED) is 0.848. The topological polar surface area (TPSA) is 30.7 Å². The van der Waals surface area contributed by atoms with Gasteiger partial charge < -0.3 is 0 Å². The fourth-order valence-corrected chi connectivity index (χ4v) is 1.89. The lowest BCUT2D eigenvalue weighted by Crippen LogP contribution is -2.28. The van der Waals surface area contributed by atoms with Crippen LogP contribution in [0.5, 0.6) is 0 Å². The lowest BCUT2D eigenvalue weighted by Gasteiger charge is -2.20. The van der Waals surface area contributed by atoms with Gasteiger partial charge in [-0.05, 0) is 24.6 Å². The molecule has 1 aromatic heterocycles. The van der Waals surface area contributed by atoms with Crippen molar-refractivity contribution in [1.29, 1.82) is 0 Å².